The maximum Gasteiger partial charge on any atom is 0.223 e. The van der Waals surface area contributed by atoms with Crippen molar-refractivity contribution in [2.45, 2.75) is 32.7 Å². The number of nitrogens with zero attached hydrogens (tertiary/aromatic N) is 3. The summed E-state index contributed by atoms with van der Waals surface area (Å²) in [5, 5.41) is 3.06. The third-order valence-corrected chi connectivity index (χ3v) is 5.14. The number of ether oxygens (including phenoxy) is 1. The van der Waals surface area contributed by atoms with E-state index in [2.05, 4.69) is 25.2 Å². The number of pyridine rings is 1. The van der Waals surface area contributed by atoms with E-state index < -0.39 is 0 Å². The number of aryl methyl sites for hydroxylation is 2. The Morgan fingerprint density at radius 1 is 1.38 bits per heavy atom. The summed E-state index contributed by atoms with van der Waals surface area (Å²) in [6.07, 6.45) is 4.32. The summed E-state index contributed by atoms with van der Waals surface area (Å²) >= 11 is 0. The van der Waals surface area contributed by atoms with E-state index >= 15 is 0 Å². The van der Waals surface area contributed by atoms with Gasteiger partial charge in [0.15, 0.2) is 0 Å². The maximum atomic E-state index is 12.5. The standard InChI is InChI=1S/C19H25N5O2/c1-13-22-16-4-3-15(10-17(16)23-13)19(25)21-12-14-2-5-18(20-11-14)24-6-8-26-9-7-24/h2,5,11,15H,3-4,6-10,12H2,1H3,(H,21,25)(H,22,23). The van der Waals surface area contributed by atoms with Gasteiger partial charge in [-0.2, -0.15) is 0 Å². The zero-order valence-electron chi connectivity index (χ0n) is 15.1. The van der Waals surface area contributed by atoms with E-state index in [-0.39, 0.29) is 11.8 Å². The molecule has 0 bridgehead atoms. The number of carbonyl (C=O) groups is 1. The highest BCUT2D eigenvalue weighted by atomic mass is 16.5. The number of hydrogen-bond acceptors (Lipinski definition) is 5. The highest BCUT2D eigenvalue weighted by molar-refractivity contribution is 5.79. The molecule has 2 aromatic heterocycles. The van der Waals surface area contributed by atoms with Crippen molar-refractivity contribution in [2.75, 3.05) is 31.2 Å². The van der Waals surface area contributed by atoms with Crippen LogP contribution in [0.4, 0.5) is 5.82 Å². The molecule has 7 nitrogen and oxygen atoms in total. The molecule has 26 heavy (non-hydrogen) atoms. The number of amides is 1. The predicted octanol–water partition coefficient (Wildman–Crippen LogP) is 1.37. The predicted molar refractivity (Wildman–Crippen MR) is 98.0 cm³/mol. The van der Waals surface area contributed by atoms with Gasteiger partial charge in [-0.3, -0.25) is 4.79 Å². The van der Waals surface area contributed by atoms with E-state index in [1.165, 1.54) is 0 Å². The van der Waals surface area contributed by atoms with Gasteiger partial charge in [-0.05, 0) is 31.4 Å². The lowest BCUT2D eigenvalue weighted by atomic mass is 9.89. The van der Waals surface area contributed by atoms with Crippen LogP contribution in [0.25, 0.3) is 0 Å². The van der Waals surface area contributed by atoms with Crippen molar-refractivity contribution in [3.8, 4) is 0 Å². The molecule has 7 heteroatoms. The monoisotopic (exact) mass is 355 g/mol. The van der Waals surface area contributed by atoms with Gasteiger partial charge in [0.2, 0.25) is 5.91 Å². The fourth-order valence-corrected chi connectivity index (χ4v) is 3.68. The SMILES string of the molecule is Cc1nc2c([nH]1)CC(C(=O)NCc1ccc(N3CCOCC3)nc1)CC2. The van der Waals surface area contributed by atoms with Crippen molar-refractivity contribution in [3.05, 3.63) is 41.1 Å². The molecule has 1 saturated heterocycles. The first-order chi connectivity index (χ1) is 12.7. The third kappa shape index (κ3) is 3.72. The molecule has 0 spiro atoms. The Labute approximate surface area is 153 Å². The molecular formula is C19H25N5O2. The summed E-state index contributed by atoms with van der Waals surface area (Å²) in [6, 6.07) is 4.06. The molecule has 3 heterocycles. The van der Waals surface area contributed by atoms with Crippen molar-refractivity contribution in [3.63, 3.8) is 0 Å². The Morgan fingerprint density at radius 2 is 2.23 bits per heavy atom. The summed E-state index contributed by atoms with van der Waals surface area (Å²) in [5.74, 6) is 2.03. The lowest BCUT2D eigenvalue weighted by Crippen LogP contribution is -2.36. The third-order valence-electron chi connectivity index (χ3n) is 5.14. The molecule has 2 aromatic rings. The number of imidazole rings is 1. The van der Waals surface area contributed by atoms with Crippen LogP contribution in [-0.2, 0) is 28.9 Å². The average molecular weight is 355 g/mol. The van der Waals surface area contributed by atoms with Crippen LogP contribution in [0.1, 0.15) is 29.2 Å². The summed E-state index contributed by atoms with van der Waals surface area (Å²) in [6.45, 7) is 5.72. The minimum Gasteiger partial charge on any atom is -0.378 e. The van der Waals surface area contributed by atoms with Crippen LogP contribution in [0, 0.1) is 12.8 Å². The van der Waals surface area contributed by atoms with Gasteiger partial charge in [0.25, 0.3) is 0 Å². The number of H-pyrrole nitrogens is 1. The van der Waals surface area contributed by atoms with Crippen LogP contribution in [-0.4, -0.2) is 47.2 Å². The Morgan fingerprint density at radius 3 is 3.00 bits per heavy atom. The molecule has 1 aliphatic carbocycles. The second-order valence-electron chi connectivity index (χ2n) is 7.03. The van der Waals surface area contributed by atoms with Crippen molar-refractivity contribution in [1.82, 2.24) is 20.3 Å². The van der Waals surface area contributed by atoms with Gasteiger partial charge >= 0.3 is 0 Å². The molecule has 1 fully saturated rings. The number of carbonyl (C=O) groups excluding carboxylic acids is 1. The number of aromatic amines is 1. The molecular weight excluding hydrogens is 330 g/mol. The van der Waals surface area contributed by atoms with E-state index in [9.17, 15) is 4.79 Å². The Kier molecular flexibility index (Phi) is 4.88. The molecule has 4 rings (SSSR count). The van der Waals surface area contributed by atoms with Crippen molar-refractivity contribution < 1.29 is 9.53 Å². The molecule has 0 radical (unpaired) electrons. The molecule has 1 amide bonds. The maximum absolute atomic E-state index is 12.5. The van der Waals surface area contributed by atoms with Crippen LogP contribution in [0.2, 0.25) is 0 Å². The lowest BCUT2D eigenvalue weighted by Gasteiger charge is -2.27. The van der Waals surface area contributed by atoms with Crippen molar-refractivity contribution in [1.29, 1.82) is 0 Å². The highest BCUT2D eigenvalue weighted by Crippen LogP contribution is 2.24. The molecule has 138 valence electrons. The Hall–Kier alpha value is -2.41. The van der Waals surface area contributed by atoms with Crippen LogP contribution >= 0.6 is 0 Å². The van der Waals surface area contributed by atoms with E-state index in [0.29, 0.717) is 6.54 Å². The highest BCUT2D eigenvalue weighted by Gasteiger charge is 2.26. The summed E-state index contributed by atoms with van der Waals surface area (Å²) < 4.78 is 5.37. The van der Waals surface area contributed by atoms with E-state index in [4.69, 9.17) is 4.74 Å². The summed E-state index contributed by atoms with van der Waals surface area (Å²) in [7, 11) is 0. The first-order valence-electron chi connectivity index (χ1n) is 9.29. The first kappa shape index (κ1) is 17.0. The fourth-order valence-electron chi connectivity index (χ4n) is 3.68. The quantitative estimate of drug-likeness (QED) is 0.866. The second-order valence-corrected chi connectivity index (χ2v) is 7.03. The number of fused-ring (bicyclic) bond motifs is 1. The fraction of sp³-hybridized carbons (Fsp3) is 0.526. The van der Waals surface area contributed by atoms with Gasteiger partial charge in [-0.1, -0.05) is 6.07 Å². The second kappa shape index (κ2) is 7.45. The number of nitrogens with one attached hydrogen (secondary N) is 2. The minimum absolute atomic E-state index is 0.0166. The largest absolute Gasteiger partial charge is 0.378 e. The Balaban J connectivity index is 1.30. The van der Waals surface area contributed by atoms with E-state index in [0.717, 1.165) is 74.2 Å². The summed E-state index contributed by atoms with van der Waals surface area (Å²) in [5.41, 5.74) is 3.25. The molecule has 0 saturated carbocycles. The van der Waals surface area contributed by atoms with Gasteiger partial charge in [-0.25, -0.2) is 9.97 Å². The zero-order chi connectivity index (χ0) is 17.9. The van der Waals surface area contributed by atoms with Gasteiger partial charge in [0, 0.05) is 43.9 Å². The van der Waals surface area contributed by atoms with E-state index in [1.807, 2.05) is 25.3 Å². The zero-order valence-corrected chi connectivity index (χ0v) is 15.1. The molecule has 2 aliphatic rings. The van der Waals surface area contributed by atoms with Crippen LogP contribution in [0.3, 0.4) is 0 Å². The molecule has 2 N–H and O–H groups in total. The van der Waals surface area contributed by atoms with Gasteiger partial charge in [-0.15, -0.1) is 0 Å². The van der Waals surface area contributed by atoms with E-state index in [1.54, 1.807) is 0 Å². The molecule has 0 aromatic carbocycles. The normalized spacial score (nSPS) is 19.9. The average Bonchev–Trinajstić information content (AvgIpc) is 3.06. The molecule has 1 unspecified atom stereocenters. The topological polar surface area (TPSA) is 83.1 Å². The van der Waals surface area contributed by atoms with Gasteiger partial charge in [0.1, 0.15) is 11.6 Å². The number of morpholine rings is 1. The van der Waals surface area contributed by atoms with Gasteiger partial charge in [0.05, 0.1) is 18.9 Å². The first-order valence-corrected chi connectivity index (χ1v) is 9.29. The van der Waals surface area contributed by atoms with Crippen LogP contribution in [0.15, 0.2) is 18.3 Å². The van der Waals surface area contributed by atoms with Crippen molar-refractivity contribution >= 4 is 11.7 Å². The Bertz CT molecular complexity index is 765. The van der Waals surface area contributed by atoms with Gasteiger partial charge < -0.3 is 19.9 Å². The van der Waals surface area contributed by atoms with Crippen LogP contribution < -0.4 is 10.2 Å². The number of rotatable bonds is 4. The number of anilines is 1. The number of aromatic nitrogens is 3. The minimum atomic E-state index is 0.0166. The molecule has 1 aliphatic heterocycles. The summed E-state index contributed by atoms with van der Waals surface area (Å²) in [4.78, 5) is 27.0. The van der Waals surface area contributed by atoms with Crippen LogP contribution in [0.5, 0.6) is 0 Å². The number of hydrogen-bond donors (Lipinski definition) is 2. The van der Waals surface area contributed by atoms with Crippen molar-refractivity contribution in [2.24, 2.45) is 5.92 Å². The smallest absolute Gasteiger partial charge is 0.223 e. The lowest BCUT2D eigenvalue weighted by molar-refractivity contribution is -0.125. The molecule has 1 atom stereocenters.